The second-order valence-electron chi connectivity index (χ2n) is 4.73. The number of hydrogen-bond donors (Lipinski definition) is 0. The van der Waals surface area contributed by atoms with Crippen molar-refractivity contribution >= 4 is 17.4 Å². The van der Waals surface area contributed by atoms with Gasteiger partial charge in [0.05, 0.1) is 11.1 Å². The first-order valence-electron chi connectivity index (χ1n) is 5.05. The molecule has 1 aliphatic rings. The maximum Gasteiger partial charge on any atom is 0.0775 e. The van der Waals surface area contributed by atoms with Gasteiger partial charge < -0.3 is 4.90 Å². The number of para-hydroxylation sites is 1. The van der Waals surface area contributed by atoms with Gasteiger partial charge in [-0.1, -0.05) is 23.9 Å². The van der Waals surface area contributed by atoms with Crippen LogP contribution in [-0.2, 0) is 0 Å². The quantitative estimate of drug-likeness (QED) is 0.637. The van der Waals surface area contributed by atoms with Crippen LogP contribution in [0.5, 0.6) is 0 Å². The van der Waals surface area contributed by atoms with E-state index in [1.54, 1.807) is 0 Å². The van der Waals surface area contributed by atoms with Crippen LogP contribution < -0.4 is 4.90 Å². The van der Waals surface area contributed by atoms with Gasteiger partial charge in [-0.3, -0.25) is 0 Å². The fourth-order valence-corrected chi connectivity index (χ4v) is 3.44. The Labute approximate surface area is 90.5 Å². The summed E-state index contributed by atoms with van der Waals surface area (Å²) < 4.78 is 0. The van der Waals surface area contributed by atoms with Gasteiger partial charge in [0.2, 0.25) is 0 Å². The maximum absolute atomic E-state index is 2.49. The van der Waals surface area contributed by atoms with Gasteiger partial charge in [0.1, 0.15) is 0 Å². The van der Waals surface area contributed by atoms with Crippen LogP contribution in [0.4, 0.5) is 5.69 Å². The first-order chi connectivity index (χ1) is 6.50. The van der Waals surface area contributed by atoms with Gasteiger partial charge in [-0.15, -0.1) is 0 Å². The molecule has 14 heavy (non-hydrogen) atoms. The van der Waals surface area contributed by atoms with Crippen molar-refractivity contribution in [3.8, 4) is 0 Å². The molecule has 0 spiro atoms. The molecule has 0 aromatic heterocycles. The van der Waals surface area contributed by atoms with Crippen LogP contribution in [0.3, 0.4) is 0 Å². The lowest BCUT2D eigenvalue weighted by Crippen LogP contribution is -2.43. The first kappa shape index (κ1) is 9.91. The molecule has 1 heterocycles. The lowest BCUT2D eigenvalue weighted by atomic mass is 10.0. The van der Waals surface area contributed by atoms with Crippen LogP contribution in [0.1, 0.15) is 27.7 Å². The zero-order valence-corrected chi connectivity index (χ0v) is 10.1. The minimum Gasteiger partial charge on any atom is -0.354 e. The third kappa shape index (κ3) is 1.52. The number of hydrogen-bond acceptors (Lipinski definition) is 2. The third-order valence-corrected chi connectivity index (χ3v) is 3.66. The van der Waals surface area contributed by atoms with E-state index >= 15 is 0 Å². The topological polar surface area (TPSA) is 3.24 Å². The molecule has 1 aromatic rings. The molecule has 2 heteroatoms. The number of thioether (sulfide) groups is 1. The van der Waals surface area contributed by atoms with Crippen LogP contribution in [0.25, 0.3) is 0 Å². The van der Waals surface area contributed by atoms with Gasteiger partial charge in [0.15, 0.2) is 0 Å². The average molecular weight is 207 g/mol. The van der Waals surface area contributed by atoms with Crippen molar-refractivity contribution in [2.24, 2.45) is 0 Å². The maximum atomic E-state index is 2.49. The van der Waals surface area contributed by atoms with E-state index in [1.807, 2.05) is 11.8 Å². The van der Waals surface area contributed by atoms with E-state index in [0.29, 0.717) is 5.37 Å². The highest BCUT2D eigenvalue weighted by atomic mass is 32.2. The Bertz CT molecular complexity index is 340. The Balaban J connectivity index is 2.45. The summed E-state index contributed by atoms with van der Waals surface area (Å²) >= 11 is 1.95. The molecule has 1 aromatic carbocycles. The van der Waals surface area contributed by atoms with E-state index in [0.717, 1.165) is 0 Å². The minimum atomic E-state index is 0.207. The number of rotatable bonds is 0. The van der Waals surface area contributed by atoms with Gasteiger partial charge in [0.25, 0.3) is 0 Å². The van der Waals surface area contributed by atoms with E-state index in [2.05, 4.69) is 56.9 Å². The summed E-state index contributed by atoms with van der Waals surface area (Å²) in [5.41, 5.74) is 1.59. The second kappa shape index (κ2) is 3.20. The normalized spacial score (nSPS) is 21.1. The largest absolute Gasteiger partial charge is 0.354 e. The fraction of sp³-hybridized carbons (Fsp3) is 0.500. The van der Waals surface area contributed by atoms with E-state index in [-0.39, 0.29) is 5.54 Å². The number of nitrogens with zero attached hydrogens (tertiary/aromatic N) is 1. The number of benzene rings is 1. The van der Waals surface area contributed by atoms with E-state index in [9.17, 15) is 0 Å². The fourth-order valence-electron chi connectivity index (χ4n) is 2.09. The van der Waals surface area contributed by atoms with Crippen LogP contribution in [0.15, 0.2) is 29.2 Å². The Morgan fingerprint density at radius 2 is 1.86 bits per heavy atom. The zero-order chi connectivity index (χ0) is 10.3. The summed E-state index contributed by atoms with van der Waals surface area (Å²) in [5, 5.41) is 0.549. The van der Waals surface area contributed by atoms with Gasteiger partial charge in [-0.25, -0.2) is 0 Å². The molecule has 0 aliphatic carbocycles. The summed E-state index contributed by atoms with van der Waals surface area (Å²) in [6.07, 6.45) is 0. The summed E-state index contributed by atoms with van der Waals surface area (Å²) in [6, 6.07) is 8.67. The molecule has 76 valence electrons. The van der Waals surface area contributed by atoms with Crippen molar-refractivity contribution in [1.82, 2.24) is 0 Å². The Hall–Kier alpha value is -0.630. The van der Waals surface area contributed by atoms with Crippen LogP contribution in [0, 0.1) is 0 Å². The van der Waals surface area contributed by atoms with E-state index in [4.69, 9.17) is 0 Å². The molecule has 0 saturated heterocycles. The second-order valence-corrected chi connectivity index (χ2v) is 6.08. The molecule has 1 atom stereocenters. The molecule has 0 saturated carbocycles. The number of fused-ring (bicyclic) bond motifs is 1. The molecule has 0 amide bonds. The van der Waals surface area contributed by atoms with Crippen LogP contribution in [0.2, 0.25) is 0 Å². The highest BCUT2D eigenvalue weighted by Gasteiger charge is 2.33. The molecular formula is C12H17NS. The Kier molecular flexibility index (Phi) is 2.26. The molecular weight excluding hydrogens is 190 g/mol. The predicted molar refractivity (Wildman–Crippen MR) is 64.0 cm³/mol. The molecule has 2 rings (SSSR count). The highest BCUT2D eigenvalue weighted by Crippen LogP contribution is 2.46. The van der Waals surface area contributed by atoms with Crippen molar-refractivity contribution in [3.63, 3.8) is 0 Å². The first-order valence-corrected chi connectivity index (χ1v) is 5.93. The van der Waals surface area contributed by atoms with Gasteiger partial charge in [-0.05, 0) is 39.8 Å². The average Bonchev–Trinajstić information content (AvgIpc) is 2.38. The van der Waals surface area contributed by atoms with Crippen molar-refractivity contribution in [2.45, 2.75) is 43.5 Å². The van der Waals surface area contributed by atoms with Crippen molar-refractivity contribution in [1.29, 1.82) is 0 Å². The summed E-state index contributed by atoms with van der Waals surface area (Å²) in [6.45, 7) is 9.08. The predicted octanol–water partition coefficient (Wildman–Crippen LogP) is 3.74. The lowest BCUT2D eigenvalue weighted by Gasteiger charge is -2.37. The zero-order valence-electron chi connectivity index (χ0n) is 9.24. The lowest BCUT2D eigenvalue weighted by molar-refractivity contribution is 0.503. The van der Waals surface area contributed by atoms with Gasteiger partial charge in [-0.2, -0.15) is 0 Å². The SMILES string of the molecule is CC1Sc2ccccc2N1C(C)(C)C. The molecule has 0 fully saturated rings. The molecule has 0 radical (unpaired) electrons. The van der Waals surface area contributed by atoms with Crippen LogP contribution in [-0.4, -0.2) is 10.9 Å². The minimum absolute atomic E-state index is 0.207. The molecule has 1 aliphatic heterocycles. The Morgan fingerprint density at radius 1 is 1.21 bits per heavy atom. The molecule has 0 bridgehead atoms. The monoisotopic (exact) mass is 207 g/mol. The van der Waals surface area contributed by atoms with Crippen molar-refractivity contribution in [2.75, 3.05) is 4.90 Å². The van der Waals surface area contributed by atoms with E-state index in [1.165, 1.54) is 10.6 Å². The number of anilines is 1. The highest BCUT2D eigenvalue weighted by molar-refractivity contribution is 8.00. The van der Waals surface area contributed by atoms with Crippen molar-refractivity contribution in [3.05, 3.63) is 24.3 Å². The molecule has 1 nitrogen and oxygen atoms in total. The summed E-state index contributed by atoms with van der Waals surface area (Å²) in [7, 11) is 0. The van der Waals surface area contributed by atoms with Crippen molar-refractivity contribution < 1.29 is 0 Å². The molecule has 1 unspecified atom stereocenters. The Morgan fingerprint density at radius 3 is 2.50 bits per heavy atom. The molecule has 0 N–H and O–H groups in total. The standard InChI is InChI=1S/C12H17NS/c1-9-13(12(2,3)4)10-7-5-6-8-11(10)14-9/h5-9H,1-4H3. The van der Waals surface area contributed by atoms with Gasteiger partial charge in [0, 0.05) is 10.4 Å². The third-order valence-electron chi connectivity index (χ3n) is 2.51. The van der Waals surface area contributed by atoms with Crippen LogP contribution >= 0.6 is 11.8 Å². The summed E-state index contributed by atoms with van der Waals surface area (Å²) in [5.74, 6) is 0. The smallest absolute Gasteiger partial charge is 0.0775 e. The summed E-state index contributed by atoms with van der Waals surface area (Å²) in [4.78, 5) is 3.91. The van der Waals surface area contributed by atoms with Gasteiger partial charge >= 0.3 is 0 Å². The van der Waals surface area contributed by atoms with E-state index < -0.39 is 0 Å².